The first-order valence-corrected chi connectivity index (χ1v) is 21.6. The molecule has 2 aromatic rings. The summed E-state index contributed by atoms with van der Waals surface area (Å²) in [5, 5.41) is 7.92. The van der Waals surface area contributed by atoms with Crippen molar-refractivity contribution in [3.63, 3.8) is 0 Å². The van der Waals surface area contributed by atoms with Gasteiger partial charge in [-0.2, -0.15) is 0 Å². The summed E-state index contributed by atoms with van der Waals surface area (Å²) in [6.45, 7) is 4.43. The summed E-state index contributed by atoms with van der Waals surface area (Å²) < 4.78 is 39.6. The van der Waals surface area contributed by atoms with E-state index in [1.807, 2.05) is 50.3 Å². The van der Waals surface area contributed by atoms with Crippen molar-refractivity contribution >= 4 is 39.7 Å². The van der Waals surface area contributed by atoms with Gasteiger partial charge < -0.3 is 30.3 Å². The van der Waals surface area contributed by atoms with Crippen LogP contribution in [0.5, 0.6) is 5.75 Å². The quantitative estimate of drug-likeness (QED) is 0.331. The summed E-state index contributed by atoms with van der Waals surface area (Å²) in [5.41, 5.74) is -0.492. The minimum atomic E-state index is -3.91. The lowest BCUT2D eigenvalue weighted by atomic mass is 9.89. The van der Waals surface area contributed by atoms with Crippen molar-refractivity contribution in [1.29, 1.82) is 0 Å². The summed E-state index contributed by atoms with van der Waals surface area (Å²) in [5.74, 6) is -2.33. The zero-order chi connectivity index (χ0) is 40.4. The highest BCUT2D eigenvalue weighted by atomic mass is 32.2. The smallest absolute Gasteiger partial charge is 0.407 e. The highest BCUT2D eigenvalue weighted by Crippen LogP contribution is 2.46. The van der Waals surface area contributed by atoms with Crippen LogP contribution in [0.2, 0.25) is 0 Å². The van der Waals surface area contributed by atoms with E-state index < -0.39 is 80.0 Å². The third-order valence-electron chi connectivity index (χ3n) is 11.5. The van der Waals surface area contributed by atoms with Crippen LogP contribution in [0.15, 0.2) is 54.6 Å². The van der Waals surface area contributed by atoms with E-state index in [0.29, 0.717) is 56.6 Å². The van der Waals surface area contributed by atoms with Crippen molar-refractivity contribution in [2.45, 2.75) is 113 Å². The topological polar surface area (TPSA) is 202 Å². The molecule has 7 bridgehead atoms. The Morgan fingerprint density at radius 2 is 1.74 bits per heavy atom. The van der Waals surface area contributed by atoms with Gasteiger partial charge in [-0.25, -0.2) is 18.2 Å². The molecule has 3 fully saturated rings. The van der Waals surface area contributed by atoms with Gasteiger partial charge in [-0.15, -0.1) is 0 Å². The number of carbonyl (C=O) groups excluding carboxylic acids is 5. The number of allylic oxidation sites excluding steroid dienone is 1. The van der Waals surface area contributed by atoms with Crippen molar-refractivity contribution in [3.8, 4) is 17.0 Å². The molecule has 5 aliphatic rings. The number of carbonyl (C=O) groups is 5. The number of fused-ring (bicyclic) bond motifs is 8. The van der Waals surface area contributed by atoms with E-state index in [9.17, 15) is 32.4 Å². The third-order valence-corrected chi connectivity index (χ3v) is 13.3. The van der Waals surface area contributed by atoms with Gasteiger partial charge in [0.25, 0.3) is 11.8 Å². The molecule has 2 aliphatic carbocycles. The third kappa shape index (κ3) is 9.59. The molecule has 1 aromatic heterocycles. The zero-order valence-electron chi connectivity index (χ0n) is 32.5. The molecule has 0 unspecified atom stereocenters. The number of amides is 5. The lowest BCUT2D eigenvalue weighted by Gasteiger charge is -2.30. The Balaban J connectivity index is 1.20. The predicted molar refractivity (Wildman–Crippen MR) is 209 cm³/mol. The molecule has 306 valence electrons. The lowest BCUT2D eigenvalue weighted by molar-refractivity contribution is -0.141. The second kappa shape index (κ2) is 16.5. The highest BCUT2D eigenvalue weighted by Gasteiger charge is 2.62. The molecule has 57 heavy (non-hydrogen) atoms. The minimum absolute atomic E-state index is 0.00762. The van der Waals surface area contributed by atoms with E-state index in [-0.39, 0.29) is 38.1 Å². The number of benzene rings is 1. The van der Waals surface area contributed by atoms with Crippen molar-refractivity contribution < 1.29 is 41.9 Å². The van der Waals surface area contributed by atoms with E-state index in [0.717, 1.165) is 18.4 Å². The molecule has 3 aliphatic heterocycles. The molecule has 5 amide bonds. The Kier molecular flexibility index (Phi) is 11.6. The molecule has 15 nitrogen and oxygen atoms in total. The van der Waals surface area contributed by atoms with Crippen LogP contribution in [0.25, 0.3) is 11.3 Å². The SMILES string of the molecule is CC1(C)CCCOc2cccc(c2)-c2cccc(n2)C(=O)N[C@@H]2C[C@H]3C(=O)N[C@]4(C(=O)NS(=O)(=O)C5CC5)C[C@H]4C=CCCCCC[C@H](NC(=O)OC1)C(=O)N3C2. The van der Waals surface area contributed by atoms with Gasteiger partial charge in [-0.05, 0) is 87.5 Å². The second-order valence-electron chi connectivity index (χ2n) is 16.8. The molecule has 7 rings (SSSR count). The van der Waals surface area contributed by atoms with E-state index in [2.05, 4.69) is 25.7 Å². The van der Waals surface area contributed by atoms with Gasteiger partial charge in [-0.3, -0.25) is 23.9 Å². The van der Waals surface area contributed by atoms with Gasteiger partial charge in [0.15, 0.2) is 0 Å². The van der Waals surface area contributed by atoms with Crippen LogP contribution < -0.4 is 25.4 Å². The van der Waals surface area contributed by atoms with Crippen LogP contribution in [0.3, 0.4) is 0 Å². The Bertz CT molecular complexity index is 2030. The normalized spacial score (nSPS) is 28.6. The molecule has 0 spiro atoms. The molecule has 0 radical (unpaired) electrons. The van der Waals surface area contributed by atoms with Gasteiger partial charge in [-0.1, -0.05) is 57.0 Å². The number of cyclic esters (lactones) is 1. The molecule has 16 heteroatoms. The van der Waals surface area contributed by atoms with Crippen LogP contribution in [0.4, 0.5) is 4.79 Å². The summed E-state index contributed by atoms with van der Waals surface area (Å²) in [4.78, 5) is 75.7. The molecule has 2 saturated carbocycles. The molecule has 4 N–H and O–H groups in total. The van der Waals surface area contributed by atoms with E-state index in [4.69, 9.17) is 9.47 Å². The van der Waals surface area contributed by atoms with Gasteiger partial charge >= 0.3 is 6.09 Å². The highest BCUT2D eigenvalue weighted by molar-refractivity contribution is 7.91. The first kappa shape index (κ1) is 40.2. The Hall–Kier alpha value is -4.99. The number of nitrogens with one attached hydrogen (secondary N) is 4. The number of pyridine rings is 1. The summed E-state index contributed by atoms with van der Waals surface area (Å²) in [7, 11) is -3.91. The number of hydrogen-bond acceptors (Lipinski definition) is 10. The maximum Gasteiger partial charge on any atom is 0.407 e. The number of sulfonamides is 1. The molecule has 1 saturated heterocycles. The van der Waals surface area contributed by atoms with E-state index in [1.54, 1.807) is 18.2 Å². The Morgan fingerprint density at radius 3 is 2.54 bits per heavy atom. The van der Waals surface area contributed by atoms with E-state index >= 15 is 0 Å². The maximum absolute atomic E-state index is 14.5. The standard InChI is InChI=1S/C41H52N6O9S/c1-40(2)19-10-20-55-29-13-8-11-26(21-29)31-15-9-16-32(43-31)35(48)42-28-22-34-36(49)45-41(38(51)46-57(53,54)30-17-18-30)23-27(41)12-6-4-3-5-7-14-33(37(50)47(34)24-28)44-39(52)56-25-40/h6,8-9,11-13,15-16,21,27-28,30,33-34H,3-5,7,10,14,17-20,22-25H2,1-2H3,(H,42,48)(H,44,52)(H,45,49)(H,46,51)/t27-,28-,33+,34+,41-/m1/s1. The van der Waals surface area contributed by atoms with Crippen LogP contribution in [0, 0.1) is 11.3 Å². The first-order valence-electron chi connectivity index (χ1n) is 20.0. The average molecular weight is 805 g/mol. The fourth-order valence-electron chi connectivity index (χ4n) is 7.89. The first-order chi connectivity index (χ1) is 27.2. The lowest BCUT2D eigenvalue weighted by Crippen LogP contribution is -2.58. The Labute approximate surface area is 333 Å². The monoisotopic (exact) mass is 804 g/mol. The number of hydrogen-bond donors (Lipinski definition) is 4. The van der Waals surface area contributed by atoms with Gasteiger partial charge in [0.05, 0.1) is 24.2 Å². The number of rotatable bonds is 3. The summed E-state index contributed by atoms with van der Waals surface area (Å²) in [6, 6.07) is 9.62. The van der Waals surface area contributed by atoms with E-state index in [1.165, 1.54) is 4.90 Å². The maximum atomic E-state index is 14.5. The van der Waals surface area contributed by atoms with Gasteiger partial charge in [0, 0.05) is 24.1 Å². The average Bonchev–Trinajstić information content (AvgIpc) is 4.11. The summed E-state index contributed by atoms with van der Waals surface area (Å²) >= 11 is 0. The number of ether oxygens (including phenoxy) is 2. The molecule has 1 aromatic carbocycles. The van der Waals surface area contributed by atoms with Crippen LogP contribution in [0.1, 0.15) is 95.0 Å². The second-order valence-corrected chi connectivity index (χ2v) is 18.7. The van der Waals surface area contributed by atoms with Crippen molar-refractivity contribution in [1.82, 2.24) is 30.6 Å². The molecule has 4 heterocycles. The fourth-order valence-corrected chi connectivity index (χ4v) is 9.25. The van der Waals surface area contributed by atoms with Crippen molar-refractivity contribution in [3.05, 3.63) is 60.3 Å². The van der Waals surface area contributed by atoms with Crippen LogP contribution in [-0.4, -0.2) is 96.7 Å². The van der Waals surface area contributed by atoms with Crippen LogP contribution in [-0.2, 0) is 29.1 Å². The molecular formula is C41H52N6O9S. The molecule has 5 atom stereocenters. The van der Waals surface area contributed by atoms with Crippen molar-refractivity contribution in [2.24, 2.45) is 11.3 Å². The largest absolute Gasteiger partial charge is 0.494 e. The Morgan fingerprint density at radius 1 is 0.947 bits per heavy atom. The number of aromatic nitrogens is 1. The van der Waals surface area contributed by atoms with Gasteiger partial charge in [0.2, 0.25) is 21.8 Å². The summed E-state index contributed by atoms with van der Waals surface area (Å²) in [6.07, 6.45) is 8.56. The van der Waals surface area contributed by atoms with Crippen molar-refractivity contribution in [2.75, 3.05) is 19.8 Å². The predicted octanol–water partition coefficient (Wildman–Crippen LogP) is 3.75. The zero-order valence-corrected chi connectivity index (χ0v) is 33.3. The van der Waals surface area contributed by atoms with Gasteiger partial charge in [0.1, 0.15) is 29.1 Å². The number of nitrogens with zero attached hydrogens (tertiary/aromatic N) is 2. The fraction of sp³-hybridized carbons (Fsp3) is 0.561. The molecular weight excluding hydrogens is 753 g/mol. The minimum Gasteiger partial charge on any atom is -0.494 e. The van der Waals surface area contributed by atoms with Crippen LogP contribution >= 0.6 is 0 Å². The number of alkyl carbamates (subject to hydrolysis) is 1.